The minimum absolute atomic E-state index is 0.618. The van der Waals surface area contributed by atoms with Crippen LogP contribution < -0.4 is 0 Å². The molecule has 1 N–H and O–H groups in total. The van der Waals surface area contributed by atoms with Crippen LogP contribution in [0, 0.1) is 6.92 Å². The molecule has 0 aromatic carbocycles. The average molecular weight is 215 g/mol. The summed E-state index contributed by atoms with van der Waals surface area (Å²) >= 11 is 0. The highest BCUT2D eigenvalue weighted by atomic mass is 15.1. The molecule has 1 aliphatic rings. The van der Waals surface area contributed by atoms with Crippen molar-refractivity contribution in [2.24, 2.45) is 0 Å². The lowest BCUT2D eigenvalue weighted by molar-refractivity contribution is 0.229. The molecule has 0 saturated carbocycles. The molecular formula is C13H17N3. The summed E-state index contributed by atoms with van der Waals surface area (Å²) in [5, 5.41) is 1.31. The van der Waals surface area contributed by atoms with Crippen molar-refractivity contribution in [3.8, 4) is 0 Å². The van der Waals surface area contributed by atoms with Gasteiger partial charge in [-0.05, 0) is 44.5 Å². The maximum Gasteiger partial charge on any atom is 0.137 e. The maximum absolute atomic E-state index is 4.46. The summed E-state index contributed by atoms with van der Waals surface area (Å²) in [6.07, 6.45) is 3.05. The highest BCUT2D eigenvalue weighted by Crippen LogP contribution is 2.28. The van der Waals surface area contributed by atoms with Crippen molar-refractivity contribution in [1.29, 1.82) is 0 Å². The largest absolute Gasteiger partial charge is 0.342 e. The summed E-state index contributed by atoms with van der Waals surface area (Å²) in [6, 6.07) is 2.86. The summed E-state index contributed by atoms with van der Waals surface area (Å²) in [7, 11) is 2.18. The maximum atomic E-state index is 4.46. The van der Waals surface area contributed by atoms with E-state index in [0.717, 1.165) is 18.6 Å². The van der Waals surface area contributed by atoms with Gasteiger partial charge >= 0.3 is 0 Å². The molecule has 0 aliphatic carbocycles. The van der Waals surface area contributed by atoms with Crippen molar-refractivity contribution in [3.05, 3.63) is 29.1 Å². The Balaban J connectivity index is 2.21. The molecule has 0 unspecified atom stereocenters. The number of hydrogen-bond acceptors (Lipinski definition) is 2. The molecule has 16 heavy (non-hydrogen) atoms. The molecule has 2 aromatic heterocycles. The minimum Gasteiger partial charge on any atom is -0.342 e. The second kappa shape index (κ2) is 3.32. The molecule has 84 valence electrons. The van der Waals surface area contributed by atoms with E-state index in [0.29, 0.717) is 6.04 Å². The molecule has 2 aromatic rings. The smallest absolute Gasteiger partial charge is 0.137 e. The average Bonchev–Trinajstić information content (AvgIpc) is 2.57. The Labute approximate surface area is 95.5 Å². The van der Waals surface area contributed by atoms with E-state index in [1.807, 2.05) is 6.20 Å². The summed E-state index contributed by atoms with van der Waals surface area (Å²) < 4.78 is 0. The number of aromatic nitrogens is 2. The quantitative estimate of drug-likeness (QED) is 0.731. The monoisotopic (exact) mass is 215 g/mol. The lowest BCUT2D eigenvalue weighted by atomic mass is 9.98. The van der Waals surface area contributed by atoms with Crippen LogP contribution in [0.15, 0.2) is 12.3 Å². The van der Waals surface area contributed by atoms with Gasteiger partial charge in [0.25, 0.3) is 0 Å². The number of fused-ring (bicyclic) bond motifs is 3. The predicted octanol–water partition coefficient (Wildman–Crippen LogP) is 2.25. The molecule has 3 heteroatoms. The van der Waals surface area contributed by atoms with Crippen molar-refractivity contribution in [2.75, 3.05) is 7.05 Å². The number of nitrogens with one attached hydrogen (secondary N) is 1. The molecule has 0 radical (unpaired) electrons. The first-order chi connectivity index (χ1) is 7.65. The number of likely N-dealkylation sites (N-methyl/N-ethyl adjacent to an activating group) is 1. The third-order valence-electron chi connectivity index (χ3n) is 3.64. The van der Waals surface area contributed by atoms with E-state index in [1.165, 1.54) is 22.2 Å². The summed E-state index contributed by atoms with van der Waals surface area (Å²) in [6.45, 7) is 5.39. The second-order valence-corrected chi connectivity index (χ2v) is 4.96. The lowest BCUT2D eigenvalue weighted by Gasteiger charge is -2.29. The summed E-state index contributed by atoms with van der Waals surface area (Å²) in [5.74, 6) is 0. The standard InChI is InChI=1S/C13H17N3/c1-8-4-11-10-5-9(2)16(3)7-12(10)15-13(11)14-6-8/h4,6,9H,5,7H2,1-3H3,(H,14,15)/t9-/m0/s1. The van der Waals surface area contributed by atoms with Crippen LogP contribution in [0.4, 0.5) is 0 Å². The van der Waals surface area contributed by atoms with E-state index in [4.69, 9.17) is 0 Å². The van der Waals surface area contributed by atoms with Gasteiger partial charge in [0.1, 0.15) is 5.65 Å². The van der Waals surface area contributed by atoms with Gasteiger partial charge in [-0.2, -0.15) is 0 Å². The van der Waals surface area contributed by atoms with Gasteiger partial charge in [0, 0.05) is 29.9 Å². The molecule has 0 amide bonds. The Bertz CT molecular complexity index is 541. The number of pyridine rings is 1. The molecule has 0 bridgehead atoms. The van der Waals surface area contributed by atoms with E-state index in [1.54, 1.807) is 0 Å². The number of aryl methyl sites for hydroxylation is 1. The van der Waals surface area contributed by atoms with E-state index >= 15 is 0 Å². The highest BCUT2D eigenvalue weighted by molar-refractivity contribution is 5.82. The molecule has 3 nitrogen and oxygen atoms in total. The summed E-state index contributed by atoms with van der Waals surface area (Å²) in [4.78, 5) is 10.3. The second-order valence-electron chi connectivity index (χ2n) is 4.96. The van der Waals surface area contributed by atoms with Gasteiger partial charge in [-0.3, -0.25) is 4.90 Å². The van der Waals surface area contributed by atoms with Gasteiger partial charge in [0.2, 0.25) is 0 Å². The first-order valence-corrected chi connectivity index (χ1v) is 5.81. The number of hydrogen-bond donors (Lipinski definition) is 1. The van der Waals surface area contributed by atoms with Crippen molar-refractivity contribution in [1.82, 2.24) is 14.9 Å². The van der Waals surface area contributed by atoms with Crippen molar-refractivity contribution < 1.29 is 0 Å². The molecule has 3 heterocycles. The molecular weight excluding hydrogens is 198 g/mol. The van der Waals surface area contributed by atoms with E-state index in [-0.39, 0.29) is 0 Å². The highest BCUT2D eigenvalue weighted by Gasteiger charge is 2.23. The van der Waals surface area contributed by atoms with Gasteiger partial charge < -0.3 is 4.98 Å². The Hall–Kier alpha value is -1.35. The van der Waals surface area contributed by atoms with E-state index in [9.17, 15) is 0 Å². The third-order valence-corrected chi connectivity index (χ3v) is 3.64. The first kappa shape index (κ1) is 9.85. The number of nitrogens with zero attached hydrogens (tertiary/aromatic N) is 2. The van der Waals surface area contributed by atoms with Gasteiger partial charge in [-0.25, -0.2) is 4.98 Å². The van der Waals surface area contributed by atoms with Gasteiger partial charge in [-0.15, -0.1) is 0 Å². The normalized spacial score (nSPS) is 21.3. The Morgan fingerprint density at radius 3 is 3.12 bits per heavy atom. The van der Waals surface area contributed by atoms with Crippen LogP contribution in [0.1, 0.15) is 23.7 Å². The van der Waals surface area contributed by atoms with Gasteiger partial charge in [0.05, 0.1) is 0 Å². The number of rotatable bonds is 0. The van der Waals surface area contributed by atoms with Crippen LogP contribution in [0.5, 0.6) is 0 Å². The van der Waals surface area contributed by atoms with Crippen molar-refractivity contribution >= 4 is 11.0 Å². The molecule has 1 atom stereocenters. The first-order valence-electron chi connectivity index (χ1n) is 5.81. The zero-order chi connectivity index (χ0) is 11.3. The Morgan fingerprint density at radius 2 is 2.31 bits per heavy atom. The number of H-pyrrole nitrogens is 1. The Morgan fingerprint density at radius 1 is 1.50 bits per heavy atom. The molecule has 0 saturated heterocycles. The van der Waals surface area contributed by atoms with Crippen LogP contribution in [0.25, 0.3) is 11.0 Å². The SMILES string of the molecule is Cc1cnc2[nH]c3c(c2c1)C[C@H](C)N(C)C3. The molecule has 1 aliphatic heterocycles. The van der Waals surface area contributed by atoms with Crippen molar-refractivity contribution in [3.63, 3.8) is 0 Å². The van der Waals surface area contributed by atoms with Crippen LogP contribution >= 0.6 is 0 Å². The fourth-order valence-corrected chi connectivity index (χ4v) is 2.50. The van der Waals surface area contributed by atoms with Gasteiger partial charge in [0.15, 0.2) is 0 Å². The van der Waals surface area contributed by atoms with Crippen LogP contribution in [-0.2, 0) is 13.0 Å². The fraction of sp³-hybridized carbons (Fsp3) is 0.462. The Kier molecular flexibility index (Phi) is 2.04. The topological polar surface area (TPSA) is 31.9 Å². The number of aromatic amines is 1. The predicted molar refractivity (Wildman–Crippen MR) is 65.5 cm³/mol. The fourth-order valence-electron chi connectivity index (χ4n) is 2.50. The lowest BCUT2D eigenvalue weighted by Crippen LogP contribution is -2.34. The van der Waals surface area contributed by atoms with Gasteiger partial charge in [-0.1, -0.05) is 0 Å². The van der Waals surface area contributed by atoms with Crippen LogP contribution in [0.3, 0.4) is 0 Å². The molecule has 0 fully saturated rings. The van der Waals surface area contributed by atoms with Crippen molar-refractivity contribution in [2.45, 2.75) is 32.9 Å². The molecule has 3 rings (SSSR count). The minimum atomic E-state index is 0.618. The molecule has 0 spiro atoms. The van der Waals surface area contributed by atoms with E-state index in [2.05, 4.69) is 41.8 Å². The summed E-state index contributed by atoms with van der Waals surface area (Å²) in [5.41, 5.74) is 5.09. The zero-order valence-electron chi connectivity index (χ0n) is 10.0. The zero-order valence-corrected chi connectivity index (χ0v) is 10.0. The van der Waals surface area contributed by atoms with E-state index < -0.39 is 0 Å². The van der Waals surface area contributed by atoms with Crippen LogP contribution in [-0.4, -0.2) is 28.0 Å². The third kappa shape index (κ3) is 1.35. The van der Waals surface area contributed by atoms with Crippen LogP contribution in [0.2, 0.25) is 0 Å².